The summed E-state index contributed by atoms with van der Waals surface area (Å²) in [5.74, 6) is -0.932. The summed E-state index contributed by atoms with van der Waals surface area (Å²) in [6.45, 7) is 4.10. The van der Waals surface area contributed by atoms with Gasteiger partial charge in [-0.1, -0.05) is 53.0 Å². The Morgan fingerprint density at radius 2 is 1.85 bits per heavy atom. The Balaban J connectivity index is 1.70. The molecule has 1 atom stereocenters. The quantitative estimate of drug-likeness (QED) is 0.269. The van der Waals surface area contributed by atoms with Crippen molar-refractivity contribution in [3.8, 4) is 11.5 Å². The Kier molecular flexibility index (Phi) is 8.72. The maximum absolute atomic E-state index is 13.7. The molecule has 0 spiro atoms. The van der Waals surface area contributed by atoms with Crippen LogP contribution in [0.2, 0.25) is 10.0 Å². The number of carbonyl (C=O) groups excluding carboxylic acids is 1. The van der Waals surface area contributed by atoms with Crippen LogP contribution in [-0.2, 0) is 24.2 Å². The van der Waals surface area contributed by atoms with Crippen molar-refractivity contribution in [2.45, 2.75) is 52.1 Å². The first-order chi connectivity index (χ1) is 18.6. The Hall–Kier alpha value is -3.69. The lowest BCUT2D eigenvalue weighted by Crippen LogP contribution is -2.37. The van der Waals surface area contributed by atoms with Crippen LogP contribution in [0.5, 0.6) is 11.5 Å². The normalized spacial score (nSPS) is 13.0. The molecule has 206 valence electrons. The number of amides is 2. The lowest BCUT2D eigenvalue weighted by molar-refractivity contribution is -0.137. The van der Waals surface area contributed by atoms with Crippen molar-refractivity contribution in [2.24, 2.45) is 0 Å². The number of carbonyl (C=O) groups is 2. The van der Waals surface area contributed by atoms with Gasteiger partial charge >= 0.3 is 12.0 Å². The van der Waals surface area contributed by atoms with Gasteiger partial charge in [0.05, 0.1) is 35.7 Å². The van der Waals surface area contributed by atoms with Crippen LogP contribution in [0, 0.1) is 6.92 Å². The molecule has 0 unspecified atom stereocenters. The average molecular weight is 574 g/mol. The molecule has 2 amide bonds. The number of benzene rings is 2. The molecule has 2 aromatic carbocycles. The molecule has 9 nitrogen and oxygen atoms in total. The van der Waals surface area contributed by atoms with Crippen molar-refractivity contribution in [1.82, 2.24) is 9.88 Å². The fourth-order valence-electron chi connectivity index (χ4n) is 4.77. The summed E-state index contributed by atoms with van der Waals surface area (Å²) in [7, 11) is 0. The van der Waals surface area contributed by atoms with Crippen LogP contribution in [0.15, 0.2) is 41.2 Å². The van der Waals surface area contributed by atoms with Crippen LogP contribution in [-0.4, -0.2) is 33.4 Å². The number of carboxylic acids is 1. The summed E-state index contributed by atoms with van der Waals surface area (Å²) in [6, 6.07) is 8.69. The molecule has 4 N–H and O–H groups in total. The van der Waals surface area contributed by atoms with Crippen molar-refractivity contribution >= 4 is 40.9 Å². The number of hydrogen-bond acceptors (Lipinski definition) is 5. The molecule has 1 heterocycles. The van der Waals surface area contributed by atoms with Crippen molar-refractivity contribution in [1.29, 1.82) is 0 Å². The monoisotopic (exact) mass is 573 g/mol. The highest BCUT2D eigenvalue weighted by atomic mass is 35.5. The van der Waals surface area contributed by atoms with E-state index in [-0.39, 0.29) is 29.4 Å². The third kappa shape index (κ3) is 6.15. The fraction of sp³-hybridized carbons (Fsp3) is 0.321. The third-order valence-corrected chi connectivity index (χ3v) is 7.51. The summed E-state index contributed by atoms with van der Waals surface area (Å²) in [5, 5.41) is 26.0. The number of hydrogen-bond donors (Lipinski definition) is 4. The predicted molar refractivity (Wildman–Crippen MR) is 149 cm³/mol. The van der Waals surface area contributed by atoms with Gasteiger partial charge < -0.3 is 30.2 Å². The molecule has 11 heteroatoms. The minimum Gasteiger partial charge on any atom is -0.505 e. The van der Waals surface area contributed by atoms with Gasteiger partial charge in [0, 0.05) is 16.8 Å². The van der Waals surface area contributed by atoms with E-state index in [1.54, 1.807) is 24.3 Å². The minimum atomic E-state index is -1.10. The Morgan fingerprint density at radius 3 is 2.51 bits per heavy atom. The van der Waals surface area contributed by atoms with Crippen LogP contribution < -0.4 is 20.9 Å². The smallest absolute Gasteiger partial charge is 0.319 e. The van der Waals surface area contributed by atoms with Gasteiger partial charge in [0.15, 0.2) is 5.69 Å². The second-order valence-electron chi connectivity index (χ2n) is 9.32. The molecule has 0 aliphatic heterocycles. The molecule has 4 rings (SSSR count). The first-order valence-electron chi connectivity index (χ1n) is 12.5. The summed E-state index contributed by atoms with van der Waals surface area (Å²) >= 11 is 12.8. The molecule has 1 aliphatic rings. The van der Waals surface area contributed by atoms with E-state index < -0.39 is 23.6 Å². The number of ether oxygens (including phenoxy) is 1. The standard InChI is InChI=1S/C28H29Cl2N3O6/c1-3-39-22-12-11-19(29)24(30)18(22)14-33-21-6-4-5-17(21)26(36)25(27(33)37)32-28(38)31-20(13-23(34)35)16-9-7-15(2)8-10-16/h7-12,20,36H,3-6,13-14H2,1-2H3,(H,34,35)(H2,31,32,38)/t20-/m0/s1. The molecular formula is C28H29Cl2N3O6. The maximum atomic E-state index is 13.7. The third-order valence-electron chi connectivity index (χ3n) is 6.67. The molecule has 0 bridgehead atoms. The number of aryl methyl sites for hydroxylation is 1. The zero-order valence-electron chi connectivity index (χ0n) is 21.5. The number of nitrogens with one attached hydrogen (secondary N) is 2. The molecular weight excluding hydrogens is 545 g/mol. The lowest BCUT2D eigenvalue weighted by atomic mass is 10.0. The average Bonchev–Trinajstić information content (AvgIpc) is 3.38. The van der Waals surface area contributed by atoms with Crippen LogP contribution in [0.1, 0.15) is 53.8 Å². The summed E-state index contributed by atoms with van der Waals surface area (Å²) in [5.41, 5.74) is 2.34. The molecule has 0 saturated heterocycles. The molecule has 3 aromatic rings. The number of carboxylic acid groups (broad SMARTS) is 1. The number of rotatable bonds is 9. The Morgan fingerprint density at radius 1 is 1.13 bits per heavy atom. The summed E-state index contributed by atoms with van der Waals surface area (Å²) in [4.78, 5) is 38.2. The van der Waals surface area contributed by atoms with E-state index in [2.05, 4.69) is 10.6 Å². The van der Waals surface area contributed by atoms with E-state index in [1.165, 1.54) is 4.57 Å². The highest BCUT2D eigenvalue weighted by Crippen LogP contribution is 2.37. The SMILES string of the molecule is CCOc1ccc(Cl)c(Cl)c1Cn1c2c(c(O)c(NC(=O)N[C@@H](CC(=O)O)c3ccc(C)cc3)c1=O)CCC2. The number of halogens is 2. The van der Waals surface area contributed by atoms with Crippen LogP contribution >= 0.6 is 23.2 Å². The Labute approximate surface area is 235 Å². The maximum Gasteiger partial charge on any atom is 0.319 e. The highest BCUT2D eigenvalue weighted by molar-refractivity contribution is 6.42. The van der Waals surface area contributed by atoms with E-state index in [0.29, 0.717) is 59.0 Å². The van der Waals surface area contributed by atoms with Crippen LogP contribution in [0.25, 0.3) is 0 Å². The predicted octanol–water partition coefficient (Wildman–Crippen LogP) is 5.44. The van der Waals surface area contributed by atoms with Gasteiger partial charge in [-0.3, -0.25) is 9.59 Å². The number of nitrogens with zero attached hydrogens (tertiary/aromatic N) is 1. The fourth-order valence-corrected chi connectivity index (χ4v) is 5.17. The number of aromatic hydroxyl groups is 1. The first-order valence-corrected chi connectivity index (χ1v) is 13.3. The number of pyridine rings is 1. The largest absolute Gasteiger partial charge is 0.505 e. The second kappa shape index (κ2) is 12.0. The summed E-state index contributed by atoms with van der Waals surface area (Å²) in [6.07, 6.45) is 1.42. The zero-order chi connectivity index (χ0) is 28.3. The minimum absolute atomic E-state index is 0.0114. The van der Waals surface area contributed by atoms with Crippen molar-refractivity contribution in [3.63, 3.8) is 0 Å². The molecule has 39 heavy (non-hydrogen) atoms. The molecule has 0 saturated carbocycles. The van der Waals surface area contributed by atoms with E-state index in [4.69, 9.17) is 27.9 Å². The Bertz CT molecular complexity index is 1470. The van der Waals surface area contributed by atoms with Crippen molar-refractivity contribution < 1.29 is 24.5 Å². The van der Waals surface area contributed by atoms with Gasteiger partial charge in [0.25, 0.3) is 5.56 Å². The van der Waals surface area contributed by atoms with Gasteiger partial charge in [0.1, 0.15) is 11.5 Å². The number of anilines is 1. The highest BCUT2D eigenvalue weighted by Gasteiger charge is 2.28. The van der Waals surface area contributed by atoms with Crippen molar-refractivity contribution in [2.75, 3.05) is 11.9 Å². The van der Waals surface area contributed by atoms with Gasteiger partial charge in [-0.25, -0.2) is 4.79 Å². The second-order valence-corrected chi connectivity index (χ2v) is 10.1. The molecule has 0 radical (unpaired) electrons. The van der Waals surface area contributed by atoms with E-state index >= 15 is 0 Å². The lowest BCUT2D eigenvalue weighted by Gasteiger charge is -2.21. The first kappa shape index (κ1) is 28.3. The van der Waals surface area contributed by atoms with Gasteiger partial charge in [-0.05, 0) is 50.8 Å². The zero-order valence-corrected chi connectivity index (χ0v) is 23.0. The number of fused-ring (bicyclic) bond motifs is 1. The molecule has 0 fully saturated rings. The number of aromatic nitrogens is 1. The van der Waals surface area contributed by atoms with Gasteiger partial charge in [-0.2, -0.15) is 0 Å². The van der Waals surface area contributed by atoms with Gasteiger partial charge in [0.2, 0.25) is 0 Å². The van der Waals surface area contributed by atoms with E-state index in [9.17, 15) is 24.6 Å². The molecule has 1 aliphatic carbocycles. The van der Waals surface area contributed by atoms with E-state index in [0.717, 1.165) is 5.56 Å². The number of urea groups is 1. The van der Waals surface area contributed by atoms with Gasteiger partial charge in [-0.15, -0.1) is 0 Å². The van der Waals surface area contributed by atoms with Crippen LogP contribution in [0.4, 0.5) is 10.5 Å². The summed E-state index contributed by atoms with van der Waals surface area (Å²) < 4.78 is 7.18. The van der Waals surface area contributed by atoms with Crippen LogP contribution in [0.3, 0.4) is 0 Å². The van der Waals surface area contributed by atoms with E-state index in [1.807, 2.05) is 26.0 Å². The number of aliphatic carboxylic acids is 1. The van der Waals surface area contributed by atoms with Crippen molar-refractivity contribution in [3.05, 3.63) is 84.7 Å². The molecule has 1 aromatic heterocycles. The topological polar surface area (TPSA) is 130 Å².